The highest BCUT2D eigenvalue weighted by Crippen LogP contribution is 2.13. The van der Waals surface area contributed by atoms with E-state index < -0.39 is 11.1 Å². The summed E-state index contributed by atoms with van der Waals surface area (Å²) in [5.74, 6) is 0.248. The molecule has 2 nitrogen and oxygen atoms in total. The van der Waals surface area contributed by atoms with Crippen LogP contribution in [0.15, 0.2) is 0 Å². The zero-order valence-electron chi connectivity index (χ0n) is 6.79. The Labute approximate surface area is 65.3 Å². The van der Waals surface area contributed by atoms with Crippen LogP contribution < -0.4 is 0 Å². The Kier molecular flexibility index (Phi) is 4.91. The fraction of sp³-hybridized carbons (Fsp3) is 1.00. The van der Waals surface area contributed by atoms with Gasteiger partial charge in [-0.1, -0.05) is 38.3 Å². The van der Waals surface area contributed by atoms with Gasteiger partial charge in [0.25, 0.3) is 0 Å². The average molecular weight is 163 g/mol. The second-order valence-electron chi connectivity index (χ2n) is 2.83. The summed E-state index contributed by atoms with van der Waals surface area (Å²) >= 11 is -1.88. The van der Waals surface area contributed by atoms with E-state index in [1.165, 1.54) is 0 Å². The summed E-state index contributed by atoms with van der Waals surface area (Å²) in [4.78, 5) is 0. The molecule has 2 unspecified atom stereocenters. The summed E-state index contributed by atoms with van der Waals surface area (Å²) in [6, 6.07) is 0. The van der Waals surface area contributed by atoms with Crippen molar-refractivity contribution in [3.05, 3.63) is 0 Å². The predicted octanol–water partition coefficient (Wildman–Crippen LogP) is 1.69. The van der Waals surface area contributed by atoms with Gasteiger partial charge in [0.2, 0.25) is 0 Å². The lowest BCUT2D eigenvalue weighted by Gasteiger charge is -2.22. The highest BCUT2D eigenvalue weighted by molar-refractivity contribution is 7.79. The van der Waals surface area contributed by atoms with Gasteiger partial charge in [-0.05, 0) is 12.3 Å². The molecule has 62 valence electrons. The Morgan fingerprint density at radius 3 is 2.10 bits per heavy atom. The van der Waals surface area contributed by atoms with Gasteiger partial charge in [0.1, 0.15) is 0 Å². The smallest absolute Gasteiger partial charge is 0.0238 e. The van der Waals surface area contributed by atoms with Crippen molar-refractivity contribution in [3.63, 3.8) is 0 Å². The van der Waals surface area contributed by atoms with Crippen LogP contribution in [0.2, 0.25) is 0 Å². The van der Waals surface area contributed by atoms with Crippen LogP contribution in [0.1, 0.15) is 33.6 Å². The molecule has 0 amide bonds. The molecule has 0 heterocycles. The van der Waals surface area contributed by atoms with E-state index in [-0.39, 0.29) is 11.2 Å². The van der Waals surface area contributed by atoms with Gasteiger partial charge in [-0.15, -0.1) is 0 Å². The van der Waals surface area contributed by atoms with Crippen molar-refractivity contribution in [3.8, 4) is 0 Å². The lowest BCUT2D eigenvalue weighted by atomic mass is 10.1. The van der Waals surface area contributed by atoms with Gasteiger partial charge in [0.05, 0.1) is 0 Å². The first-order valence-corrected chi connectivity index (χ1v) is 4.81. The van der Waals surface area contributed by atoms with E-state index in [0.29, 0.717) is 0 Å². The first-order valence-electron chi connectivity index (χ1n) is 3.67. The zero-order valence-corrected chi connectivity index (χ0v) is 7.61. The average Bonchev–Trinajstić information content (AvgIpc) is 1.81. The Morgan fingerprint density at radius 2 is 2.00 bits per heavy atom. The second-order valence-corrected chi connectivity index (χ2v) is 3.96. The summed E-state index contributed by atoms with van der Waals surface area (Å²) in [6.45, 7) is 5.88. The third-order valence-electron chi connectivity index (χ3n) is 1.56. The fourth-order valence-corrected chi connectivity index (χ4v) is 1.81. The molecule has 0 spiro atoms. The molecule has 0 radical (unpaired) electrons. The van der Waals surface area contributed by atoms with Crippen LogP contribution in [-0.4, -0.2) is 14.0 Å². The molecule has 0 aromatic carbocycles. The van der Waals surface area contributed by atoms with Crippen LogP contribution in [0.5, 0.6) is 0 Å². The molecule has 0 aliphatic carbocycles. The lowest BCUT2D eigenvalue weighted by molar-refractivity contribution is 0.474. The van der Waals surface area contributed by atoms with Crippen LogP contribution in [0, 0.1) is 5.92 Å². The van der Waals surface area contributed by atoms with Crippen molar-refractivity contribution in [2.45, 2.75) is 38.9 Å². The minimum absolute atomic E-state index is 0.148. The third kappa shape index (κ3) is 3.32. The summed E-state index contributed by atoms with van der Waals surface area (Å²) < 4.78 is 21.1. The van der Waals surface area contributed by atoms with Crippen molar-refractivity contribution >= 4 is 11.1 Å². The molecule has 0 bridgehead atoms. The molecular weight excluding hydrogens is 148 g/mol. The minimum Gasteiger partial charge on any atom is -0.772 e. The van der Waals surface area contributed by atoms with Gasteiger partial charge in [-0.25, -0.2) is 0 Å². The van der Waals surface area contributed by atoms with Crippen molar-refractivity contribution in [2.75, 3.05) is 0 Å². The Balaban J connectivity index is 3.85. The van der Waals surface area contributed by atoms with Gasteiger partial charge >= 0.3 is 0 Å². The van der Waals surface area contributed by atoms with Crippen molar-refractivity contribution < 1.29 is 8.76 Å². The van der Waals surface area contributed by atoms with Gasteiger partial charge in [0.15, 0.2) is 0 Å². The normalized spacial score (nSPS) is 17.3. The molecule has 0 rings (SSSR count). The van der Waals surface area contributed by atoms with Crippen LogP contribution >= 0.6 is 0 Å². The molecule has 10 heavy (non-hydrogen) atoms. The Bertz CT molecular complexity index is 112. The van der Waals surface area contributed by atoms with E-state index in [2.05, 4.69) is 0 Å². The monoisotopic (exact) mass is 163 g/mol. The molecule has 0 fully saturated rings. The van der Waals surface area contributed by atoms with Gasteiger partial charge in [-0.3, -0.25) is 4.21 Å². The quantitative estimate of drug-likeness (QED) is 0.592. The second kappa shape index (κ2) is 4.85. The van der Waals surface area contributed by atoms with E-state index in [4.69, 9.17) is 0 Å². The highest BCUT2D eigenvalue weighted by atomic mass is 32.2. The molecule has 2 atom stereocenters. The first kappa shape index (κ1) is 10.1. The maximum Gasteiger partial charge on any atom is 0.0238 e. The molecule has 0 aliphatic heterocycles. The fourth-order valence-electron chi connectivity index (χ4n) is 0.936. The Hall–Kier alpha value is 0.110. The lowest BCUT2D eigenvalue weighted by Crippen LogP contribution is -2.20. The summed E-state index contributed by atoms with van der Waals surface area (Å²) in [7, 11) is 0. The van der Waals surface area contributed by atoms with Crippen LogP contribution in [0.25, 0.3) is 0 Å². The molecular formula is C7H15O2S-. The first-order chi connectivity index (χ1) is 4.59. The third-order valence-corrected chi connectivity index (χ3v) is 2.84. The van der Waals surface area contributed by atoms with E-state index in [9.17, 15) is 8.76 Å². The highest BCUT2D eigenvalue weighted by Gasteiger charge is 2.11. The van der Waals surface area contributed by atoms with Crippen molar-refractivity contribution in [2.24, 2.45) is 5.92 Å². The van der Waals surface area contributed by atoms with Gasteiger partial charge in [-0.2, -0.15) is 0 Å². The number of hydrogen-bond acceptors (Lipinski definition) is 2. The number of rotatable bonds is 4. The van der Waals surface area contributed by atoms with Crippen LogP contribution in [-0.2, 0) is 11.1 Å². The molecule has 0 aromatic heterocycles. The van der Waals surface area contributed by atoms with Crippen molar-refractivity contribution in [1.29, 1.82) is 0 Å². The standard InChI is InChI=1S/C7H16O2S/c1-4-5-7(6(2)3)10(8)9/h6-7H,4-5H2,1-3H3,(H,8,9)/p-1. The molecule has 0 aromatic rings. The predicted molar refractivity (Wildman–Crippen MR) is 42.5 cm³/mol. The molecule has 0 saturated carbocycles. The van der Waals surface area contributed by atoms with Crippen LogP contribution in [0.3, 0.4) is 0 Å². The topological polar surface area (TPSA) is 40.1 Å². The SMILES string of the molecule is CCCC(C(C)C)S(=O)[O-]. The number of hydrogen-bond donors (Lipinski definition) is 0. The van der Waals surface area contributed by atoms with Crippen molar-refractivity contribution in [1.82, 2.24) is 0 Å². The molecule has 3 heteroatoms. The molecule has 0 N–H and O–H groups in total. The van der Waals surface area contributed by atoms with E-state index >= 15 is 0 Å². The van der Waals surface area contributed by atoms with E-state index in [1.807, 2.05) is 20.8 Å². The summed E-state index contributed by atoms with van der Waals surface area (Å²) in [5, 5.41) is -0.148. The zero-order chi connectivity index (χ0) is 8.15. The largest absolute Gasteiger partial charge is 0.772 e. The maximum absolute atomic E-state index is 10.5. The van der Waals surface area contributed by atoms with E-state index in [1.54, 1.807) is 0 Å². The van der Waals surface area contributed by atoms with Crippen LogP contribution in [0.4, 0.5) is 0 Å². The van der Waals surface area contributed by atoms with Gasteiger partial charge in [0, 0.05) is 5.25 Å². The maximum atomic E-state index is 10.5. The van der Waals surface area contributed by atoms with E-state index in [0.717, 1.165) is 12.8 Å². The Morgan fingerprint density at radius 1 is 1.50 bits per heavy atom. The summed E-state index contributed by atoms with van der Waals surface area (Å²) in [6.07, 6.45) is 1.73. The minimum atomic E-state index is -1.88. The molecule has 0 saturated heterocycles. The molecule has 0 aliphatic rings. The van der Waals surface area contributed by atoms with Gasteiger partial charge < -0.3 is 4.55 Å². The summed E-state index contributed by atoms with van der Waals surface area (Å²) in [5.41, 5.74) is 0.